The number of hydrogen-bond acceptors (Lipinski definition) is 3. The van der Waals surface area contributed by atoms with E-state index in [0.29, 0.717) is 13.0 Å². The molecule has 0 radical (unpaired) electrons. The Labute approximate surface area is 117 Å². The maximum Gasteiger partial charge on any atom is 0.232 e. The van der Waals surface area contributed by atoms with Gasteiger partial charge in [-0.15, -0.1) is 0 Å². The van der Waals surface area contributed by atoms with E-state index < -0.39 is 0 Å². The predicted octanol–water partition coefficient (Wildman–Crippen LogP) is 1.98. The Morgan fingerprint density at radius 3 is 3.00 bits per heavy atom. The summed E-state index contributed by atoms with van der Waals surface area (Å²) < 4.78 is 0. The number of benzene rings is 1. The molecule has 2 amide bonds. The molecule has 2 N–H and O–H groups in total. The van der Waals surface area contributed by atoms with Gasteiger partial charge in [0.05, 0.1) is 5.25 Å². The van der Waals surface area contributed by atoms with Gasteiger partial charge >= 0.3 is 0 Å². The highest BCUT2D eigenvalue weighted by Gasteiger charge is 2.25. The van der Waals surface area contributed by atoms with E-state index in [1.165, 1.54) is 11.8 Å². The van der Waals surface area contributed by atoms with Gasteiger partial charge in [0.2, 0.25) is 11.8 Å². The van der Waals surface area contributed by atoms with Crippen molar-refractivity contribution in [3.8, 4) is 0 Å². The fourth-order valence-electron chi connectivity index (χ4n) is 2.16. The lowest BCUT2D eigenvalue weighted by Crippen LogP contribution is -2.36. The number of carbonyl (C=O) groups excluding carboxylic acids is 2. The number of nitrogens with one attached hydrogen (secondary N) is 2. The molecule has 0 aromatic heterocycles. The molecular formula is C14H18N2O2S. The van der Waals surface area contributed by atoms with E-state index in [0.717, 1.165) is 11.3 Å². The average Bonchev–Trinajstić information content (AvgIpc) is 2.43. The van der Waals surface area contributed by atoms with E-state index in [2.05, 4.69) is 10.6 Å². The lowest BCUT2D eigenvalue weighted by molar-refractivity contribution is -0.121. The number of hydrogen-bond donors (Lipinski definition) is 2. The van der Waals surface area contributed by atoms with Crippen LogP contribution in [0.1, 0.15) is 24.8 Å². The van der Waals surface area contributed by atoms with Crippen LogP contribution in [0.3, 0.4) is 0 Å². The molecule has 0 spiro atoms. The third kappa shape index (κ3) is 3.29. The van der Waals surface area contributed by atoms with Crippen LogP contribution in [-0.2, 0) is 9.59 Å². The Kier molecular flexibility index (Phi) is 4.47. The largest absolute Gasteiger partial charge is 0.355 e. The molecule has 102 valence electrons. The number of fused-ring (bicyclic) bond motifs is 1. The van der Waals surface area contributed by atoms with Crippen LogP contribution in [0.4, 0.5) is 5.69 Å². The molecular weight excluding hydrogens is 260 g/mol. The summed E-state index contributed by atoms with van der Waals surface area (Å²) in [5.41, 5.74) is 1.95. The molecule has 19 heavy (non-hydrogen) atoms. The molecule has 2 rings (SSSR count). The van der Waals surface area contributed by atoms with Gasteiger partial charge in [0.15, 0.2) is 0 Å². The van der Waals surface area contributed by atoms with Crippen LogP contribution in [-0.4, -0.2) is 29.9 Å². The molecule has 0 bridgehead atoms. The Morgan fingerprint density at radius 1 is 1.53 bits per heavy atom. The molecule has 1 heterocycles. The maximum atomic E-state index is 11.8. The minimum atomic E-state index is -0.0624. The van der Waals surface area contributed by atoms with Crippen LogP contribution in [0, 0.1) is 0 Å². The summed E-state index contributed by atoms with van der Waals surface area (Å²) in [6.45, 7) is 2.38. The molecule has 1 aromatic carbocycles. The van der Waals surface area contributed by atoms with Crippen molar-refractivity contribution in [2.24, 2.45) is 0 Å². The Balaban J connectivity index is 2.05. The van der Waals surface area contributed by atoms with Crippen molar-refractivity contribution in [3.05, 3.63) is 29.8 Å². The first-order valence-electron chi connectivity index (χ1n) is 6.31. The molecule has 1 aromatic rings. The molecule has 0 unspecified atom stereocenters. The van der Waals surface area contributed by atoms with Crippen LogP contribution in [0.5, 0.6) is 0 Å². The highest BCUT2D eigenvalue weighted by Crippen LogP contribution is 2.31. The Bertz CT molecular complexity index is 490. The highest BCUT2D eigenvalue weighted by molar-refractivity contribution is 7.99. The van der Waals surface area contributed by atoms with Gasteiger partial charge in [-0.3, -0.25) is 9.59 Å². The predicted molar refractivity (Wildman–Crippen MR) is 78.4 cm³/mol. The monoisotopic (exact) mass is 278 g/mol. The van der Waals surface area contributed by atoms with Crippen molar-refractivity contribution in [2.75, 3.05) is 18.1 Å². The summed E-state index contributed by atoms with van der Waals surface area (Å²) in [4.78, 5) is 23.4. The normalized spacial score (nSPS) is 19.3. The second kappa shape index (κ2) is 6.10. The summed E-state index contributed by atoms with van der Waals surface area (Å²) in [5, 5.41) is 5.72. The molecule has 0 saturated carbocycles. The van der Waals surface area contributed by atoms with Crippen molar-refractivity contribution in [2.45, 2.75) is 24.5 Å². The number of anilines is 1. The van der Waals surface area contributed by atoms with E-state index in [1.54, 1.807) is 0 Å². The van der Waals surface area contributed by atoms with Crippen molar-refractivity contribution >= 4 is 29.3 Å². The number of para-hydroxylation sites is 1. The van der Waals surface area contributed by atoms with E-state index in [4.69, 9.17) is 0 Å². The summed E-state index contributed by atoms with van der Waals surface area (Å²) in [7, 11) is 0. The van der Waals surface area contributed by atoms with Gasteiger partial charge in [0, 0.05) is 24.6 Å². The topological polar surface area (TPSA) is 58.2 Å². The number of amides is 2. The summed E-state index contributed by atoms with van der Waals surface area (Å²) in [5.74, 6) is 0.0924. The molecule has 4 nitrogen and oxygen atoms in total. The zero-order valence-corrected chi connectivity index (χ0v) is 11.9. The van der Waals surface area contributed by atoms with Gasteiger partial charge in [-0.2, -0.15) is 11.8 Å². The zero-order valence-electron chi connectivity index (χ0n) is 11.1. The fraction of sp³-hybridized carbons (Fsp3) is 0.429. The quantitative estimate of drug-likeness (QED) is 0.885. The van der Waals surface area contributed by atoms with Crippen LogP contribution < -0.4 is 10.6 Å². The Morgan fingerprint density at radius 2 is 2.26 bits per heavy atom. The number of thioether (sulfide) groups is 1. The van der Waals surface area contributed by atoms with Crippen LogP contribution >= 0.6 is 11.8 Å². The van der Waals surface area contributed by atoms with Crippen LogP contribution in [0.15, 0.2) is 24.3 Å². The van der Waals surface area contributed by atoms with Gasteiger partial charge in [-0.05, 0) is 24.8 Å². The SMILES string of the molecule is CS[C@@H](C)C(=O)NC[C@H]1CC(=O)Nc2ccccc21. The van der Waals surface area contributed by atoms with Crippen molar-refractivity contribution in [1.29, 1.82) is 0 Å². The molecule has 0 aliphatic carbocycles. The smallest absolute Gasteiger partial charge is 0.232 e. The van der Waals surface area contributed by atoms with E-state index in [1.807, 2.05) is 37.4 Å². The van der Waals surface area contributed by atoms with E-state index >= 15 is 0 Å². The van der Waals surface area contributed by atoms with Crippen LogP contribution in [0.25, 0.3) is 0 Å². The lowest BCUT2D eigenvalue weighted by Gasteiger charge is -2.26. The van der Waals surface area contributed by atoms with Gasteiger partial charge < -0.3 is 10.6 Å². The second-order valence-electron chi connectivity index (χ2n) is 4.66. The summed E-state index contributed by atoms with van der Waals surface area (Å²) in [6, 6.07) is 7.75. The third-order valence-corrected chi connectivity index (χ3v) is 4.27. The lowest BCUT2D eigenvalue weighted by atomic mass is 9.90. The first kappa shape index (κ1) is 13.9. The van der Waals surface area contributed by atoms with E-state index in [-0.39, 0.29) is 23.0 Å². The average molecular weight is 278 g/mol. The minimum Gasteiger partial charge on any atom is -0.355 e. The first-order chi connectivity index (χ1) is 9.11. The van der Waals surface area contributed by atoms with Gasteiger partial charge in [-0.25, -0.2) is 0 Å². The van der Waals surface area contributed by atoms with Crippen molar-refractivity contribution < 1.29 is 9.59 Å². The maximum absolute atomic E-state index is 11.8. The molecule has 0 saturated heterocycles. The summed E-state index contributed by atoms with van der Waals surface area (Å²) in [6.07, 6.45) is 2.33. The van der Waals surface area contributed by atoms with Crippen LogP contribution in [0.2, 0.25) is 0 Å². The molecule has 1 aliphatic heterocycles. The second-order valence-corrected chi connectivity index (χ2v) is 5.84. The molecule has 0 fully saturated rings. The van der Waals surface area contributed by atoms with E-state index in [9.17, 15) is 9.59 Å². The van der Waals surface area contributed by atoms with Crippen molar-refractivity contribution in [1.82, 2.24) is 5.32 Å². The van der Waals surface area contributed by atoms with Gasteiger partial charge in [0.25, 0.3) is 0 Å². The standard InChI is InChI=1S/C14H18N2O2S/c1-9(19-2)14(18)15-8-10-7-13(17)16-12-6-4-3-5-11(10)12/h3-6,9-10H,7-8H2,1-2H3,(H,15,18)(H,16,17)/t9-,10+/m0/s1. The molecule has 2 atom stereocenters. The van der Waals surface area contributed by atoms with Gasteiger partial charge in [-0.1, -0.05) is 18.2 Å². The fourth-order valence-corrected chi connectivity index (χ4v) is 2.46. The highest BCUT2D eigenvalue weighted by atomic mass is 32.2. The Hall–Kier alpha value is -1.49. The number of rotatable bonds is 4. The zero-order chi connectivity index (χ0) is 13.8. The minimum absolute atomic E-state index is 0.0101. The molecule has 5 heteroatoms. The summed E-state index contributed by atoms with van der Waals surface area (Å²) >= 11 is 1.51. The molecule has 1 aliphatic rings. The first-order valence-corrected chi connectivity index (χ1v) is 7.60. The number of carbonyl (C=O) groups is 2. The van der Waals surface area contributed by atoms with Crippen molar-refractivity contribution in [3.63, 3.8) is 0 Å². The van der Waals surface area contributed by atoms with Gasteiger partial charge in [0.1, 0.15) is 0 Å². The third-order valence-electron chi connectivity index (χ3n) is 3.35.